The van der Waals surface area contributed by atoms with Crippen LogP contribution in [0.25, 0.3) is 0 Å². The van der Waals surface area contributed by atoms with E-state index in [0.29, 0.717) is 25.6 Å². The van der Waals surface area contributed by atoms with Crippen LogP contribution in [0.3, 0.4) is 0 Å². The Labute approximate surface area is 131 Å². The first-order valence-electron chi connectivity index (χ1n) is 7.70. The van der Waals surface area contributed by atoms with Gasteiger partial charge in [0, 0.05) is 32.3 Å². The minimum absolute atomic E-state index is 0.00388. The second-order valence-electron chi connectivity index (χ2n) is 5.94. The summed E-state index contributed by atoms with van der Waals surface area (Å²) < 4.78 is 4.90. The van der Waals surface area contributed by atoms with Crippen LogP contribution in [0.1, 0.15) is 31.7 Å². The first kappa shape index (κ1) is 16.5. The Balaban J connectivity index is 1.98. The predicted molar refractivity (Wildman–Crippen MR) is 85.9 cm³/mol. The Kier molecular flexibility index (Phi) is 5.55. The normalized spacial score (nSPS) is 18.1. The third-order valence-corrected chi connectivity index (χ3v) is 3.97. The summed E-state index contributed by atoms with van der Waals surface area (Å²) in [6.07, 6.45) is 0.269. The van der Waals surface area contributed by atoms with Gasteiger partial charge in [-0.3, -0.25) is 9.59 Å². The van der Waals surface area contributed by atoms with Crippen molar-refractivity contribution < 1.29 is 14.3 Å². The number of benzene rings is 1. The van der Waals surface area contributed by atoms with E-state index in [1.807, 2.05) is 24.3 Å². The van der Waals surface area contributed by atoms with E-state index in [-0.39, 0.29) is 24.2 Å². The molecule has 1 N–H and O–H groups in total. The molecular formula is C17H24N2O3. The second kappa shape index (κ2) is 7.40. The molecule has 1 aromatic carbocycles. The van der Waals surface area contributed by atoms with Gasteiger partial charge < -0.3 is 15.0 Å². The maximum absolute atomic E-state index is 12.2. The lowest BCUT2D eigenvalue weighted by Crippen LogP contribution is -2.34. The van der Waals surface area contributed by atoms with Crippen molar-refractivity contribution in [2.24, 2.45) is 5.92 Å². The van der Waals surface area contributed by atoms with Crippen molar-refractivity contribution in [3.05, 3.63) is 29.8 Å². The van der Waals surface area contributed by atoms with E-state index in [1.54, 1.807) is 12.0 Å². The number of methoxy groups -OCH3 is 1. The van der Waals surface area contributed by atoms with E-state index in [4.69, 9.17) is 4.74 Å². The van der Waals surface area contributed by atoms with Crippen molar-refractivity contribution in [1.82, 2.24) is 5.32 Å². The van der Waals surface area contributed by atoms with Gasteiger partial charge >= 0.3 is 0 Å². The van der Waals surface area contributed by atoms with E-state index in [9.17, 15) is 9.59 Å². The highest BCUT2D eigenvalue weighted by Crippen LogP contribution is 2.26. The Hall–Kier alpha value is -1.88. The maximum atomic E-state index is 12.2. The molecular weight excluding hydrogens is 280 g/mol. The summed E-state index contributed by atoms with van der Waals surface area (Å²) >= 11 is 0. The molecule has 120 valence electrons. The number of rotatable bonds is 6. The minimum atomic E-state index is -0.283. The number of anilines is 1. The molecule has 2 rings (SSSR count). The van der Waals surface area contributed by atoms with Crippen LogP contribution >= 0.6 is 0 Å². The number of amides is 2. The fourth-order valence-corrected chi connectivity index (χ4v) is 2.59. The first-order chi connectivity index (χ1) is 10.5. The highest BCUT2D eigenvalue weighted by molar-refractivity contribution is 6.00. The van der Waals surface area contributed by atoms with Crippen molar-refractivity contribution in [2.75, 3.05) is 31.7 Å². The van der Waals surface area contributed by atoms with Crippen molar-refractivity contribution in [3.63, 3.8) is 0 Å². The molecule has 0 spiro atoms. The predicted octanol–water partition coefficient (Wildman–Crippen LogP) is 1.93. The smallest absolute Gasteiger partial charge is 0.227 e. The zero-order valence-corrected chi connectivity index (χ0v) is 13.5. The van der Waals surface area contributed by atoms with Crippen LogP contribution in [0, 0.1) is 5.92 Å². The van der Waals surface area contributed by atoms with E-state index in [1.165, 1.54) is 5.56 Å². The van der Waals surface area contributed by atoms with E-state index < -0.39 is 0 Å². The third kappa shape index (κ3) is 3.85. The quantitative estimate of drug-likeness (QED) is 0.817. The van der Waals surface area contributed by atoms with Gasteiger partial charge in [0.2, 0.25) is 11.8 Å². The molecule has 0 aliphatic carbocycles. The van der Waals surface area contributed by atoms with Gasteiger partial charge in [0.05, 0.1) is 12.5 Å². The van der Waals surface area contributed by atoms with Crippen LogP contribution in [0.5, 0.6) is 0 Å². The summed E-state index contributed by atoms with van der Waals surface area (Å²) in [6, 6.07) is 8.00. The summed E-state index contributed by atoms with van der Waals surface area (Å²) in [4.78, 5) is 25.9. The lowest BCUT2D eigenvalue weighted by molar-refractivity contribution is -0.126. The van der Waals surface area contributed by atoms with Gasteiger partial charge in [-0.2, -0.15) is 0 Å². The number of nitrogens with one attached hydrogen (secondary N) is 1. The van der Waals surface area contributed by atoms with Crippen LogP contribution < -0.4 is 10.2 Å². The van der Waals surface area contributed by atoms with Crippen LogP contribution in [-0.2, 0) is 14.3 Å². The SMILES string of the molecule is COCCNC(=O)[C@H]1CC(=O)N(c2ccc(C(C)C)cc2)C1. The van der Waals surface area contributed by atoms with Gasteiger partial charge in [0.15, 0.2) is 0 Å². The van der Waals surface area contributed by atoms with Crippen molar-refractivity contribution in [3.8, 4) is 0 Å². The molecule has 5 heteroatoms. The molecule has 1 heterocycles. The molecule has 1 aliphatic rings. The molecule has 0 aromatic heterocycles. The molecule has 0 radical (unpaired) electrons. The highest BCUT2D eigenvalue weighted by atomic mass is 16.5. The van der Waals surface area contributed by atoms with Gasteiger partial charge in [-0.05, 0) is 23.6 Å². The molecule has 1 saturated heterocycles. The third-order valence-electron chi connectivity index (χ3n) is 3.97. The van der Waals surface area contributed by atoms with Crippen molar-refractivity contribution in [2.45, 2.75) is 26.2 Å². The minimum Gasteiger partial charge on any atom is -0.383 e. The molecule has 1 aliphatic heterocycles. The van der Waals surface area contributed by atoms with Crippen LogP contribution in [-0.4, -0.2) is 38.6 Å². The summed E-state index contributed by atoms with van der Waals surface area (Å²) in [6.45, 7) is 5.67. The summed E-state index contributed by atoms with van der Waals surface area (Å²) in [5, 5.41) is 2.80. The topological polar surface area (TPSA) is 58.6 Å². The summed E-state index contributed by atoms with van der Waals surface area (Å²) in [7, 11) is 1.59. The number of hydrogen-bond donors (Lipinski definition) is 1. The second-order valence-corrected chi connectivity index (χ2v) is 5.94. The molecule has 0 unspecified atom stereocenters. The molecule has 0 saturated carbocycles. The van der Waals surface area contributed by atoms with Gasteiger partial charge in [0.1, 0.15) is 0 Å². The Morgan fingerprint density at radius 1 is 1.36 bits per heavy atom. The van der Waals surface area contributed by atoms with Gasteiger partial charge in [-0.25, -0.2) is 0 Å². The van der Waals surface area contributed by atoms with Gasteiger partial charge in [-0.15, -0.1) is 0 Å². The largest absolute Gasteiger partial charge is 0.383 e. The molecule has 1 fully saturated rings. The van der Waals surface area contributed by atoms with Crippen LogP contribution in [0.15, 0.2) is 24.3 Å². The summed E-state index contributed by atoms with van der Waals surface area (Å²) in [5.74, 6) is 0.104. The highest BCUT2D eigenvalue weighted by Gasteiger charge is 2.34. The van der Waals surface area contributed by atoms with E-state index >= 15 is 0 Å². The molecule has 22 heavy (non-hydrogen) atoms. The number of carbonyl (C=O) groups excluding carboxylic acids is 2. The average molecular weight is 304 g/mol. The van der Waals surface area contributed by atoms with Gasteiger partial charge in [0.25, 0.3) is 0 Å². The zero-order chi connectivity index (χ0) is 16.1. The van der Waals surface area contributed by atoms with Crippen molar-refractivity contribution in [1.29, 1.82) is 0 Å². The summed E-state index contributed by atoms with van der Waals surface area (Å²) in [5.41, 5.74) is 2.10. The Bertz CT molecular complexity index is 525. The molecule has 2 amide bonds. The maximum Gasteiger partial charge on any atom is 0.227 e. The fraction of sp³-hybridized carbons (Fsp3) is 0.529. The average Bonchev–Trinajstić information content (AvgIpc) is 2.89. The number of hydrogen-bond acceptors (Lipinski definition) is 3. The number of carbonyl (C=O) groups is 2. The van der Waals surface area contributed by atoms with E-state index in [0.717, 1.165) is 5.69 Å². The molecule has 0 bridgehead atoms. The molecule has 1 aromatic rings. The lowest BCUT2D eigenvalue weighted by atomic mass is 10.0. The fourth-order valence-electron chi connectivity index (χ4n) is 2.59. The van der Waals surface area contributed by atoms with Gasteiger partial charge in [-0.1, -0.05) is 26.0 Å². The number of ether oxygens (including phenoxy) is 1. The first-order valence-corrected chi connectivity index (χ1v) is 7.70. The van der Waals surface area contributed by atoms with Crippen LogP contribution in [0.2, 0.25) is 0 Å². The lowest BCUT2D eigenvalue weighted by Gasteiger charge is -2.17. The Morgan fingerprint density at radius 3 is 2.64 bits per heavy atom. The molecule has 5 nitrogen and oxygen atoms in total. The van der Waals surface area contributed by atoms with E-state index in [2.05, 4.69) is 19.2 Å². The standard InChI is InChI=1S/C17H24N2O3/c1-12(2)13-4-6-15(7-5-13)19-11-14(10-16(19)20)17(21)18-8-9-22-3/h4-7,12,14H,8-11H2,1-3H3,(H,18,21)/t14-/m0/s1. The van der Waals surface area contributed by atoms with Crippen LogP contribution in [0.4, 0.5) is 5.69 Å². The molecule has 1 atom stereocenters. The number of nitrogens with zero attached hydrogens (tertiary/aromatic N) is 1. The monoisotopic (exact) mass is 304 g/mol. The zero-order valence-electron chi connectivity index (χ0n) is 13.5. The Morgan fingerprint density at radius 2 is 2.05 bits per heavy atom. The van der Waals surface area contributed by atoms with Crippen molar-refractivity contribution >= 4 is 17.5 Å².